The fraction of sp³-hybridized carbons (Fsp3) is 0.696. The number of carbonyl (C=O) groups excluding carboxylic acids is 1. The summed E-state index contributed by atoms with van der Waals surface area (Å²) < 4.78 is 11.5. The molecular weight excluding hydrogens is 382 g/mol. The lowest BCUT2D eigenvalue weighted by atomic mass is 9.78. The number of benzene rings is 1. The summed E-state index contributed by atoms with van der Waals surface area (Å²) in [5.41, 5.74) is 0. The van der Waals surface area contributed by atoms with E-state index in [-0.39, 0.29) is 12.0 Å². The van der Waals surface area contributed by atoms with Gasteiger partial charge < -0.3 is 24.4 Å². The fourth-order valence-electron chi connectivity index (χ4n) is 5.15. The van der Waals surface area contributed by atoms with E-state index < -0.39 is 6.10 Å². The summed E-state index contributed by atoms with van der Waals surface area (Å²) in [7, 11) is 1.62. The second kappa shape index (κ2) is 9.54. The summed E-state index contributed by atoms with van der Waals surface area (Å²) in [6.07, 6.45) is 0.666. The number of likely N-dealkylation sites (tertiary alicyclic amines) is 1. The van der Waals surface area contributed by atoms with Gasteiger partial charge in [0.25, 0.3) is 0 Å². The molecule has 0 unspecified atom stereocenters. The Hall–Kier alpha value is -1.83. The number of ether oxygens (including phenoxy) is 2. The molecule has 3 fully saturated rings. The molecule has 2 heterocycles. The first-order valence-electron chi connectivity index (χ1n) is 11.3. The molecule has 30 heavy (non-hydrogen) atoms. The summed E-state index contributed by atoms with van der Waals surface area (Å²) in [6, 6.07) is 7.55. The van der Waals surface area contributed by atoms with Crippen LogP contribution in [0.3, 0.4) is 0 Å². The van der Waals surface area contributed by atoms with Gasteiger partial charge in [-0.1, -0.05) is 19.1 Å². The van der Waals surface area contributed by atoms with Crippen molar-refractivity contribution in [2.24, 2.45) is 11.8 Å². The van der Waals surface area contributed by atoms with Gasteiger partial charge in [0.1, 0.15) is 6.10 Å². The highest BCUT2D eigenvalue weighted by Crippen LogP contribution is 2.39. The Balaban J connectivity index is 1.31. The molecule has 7 heteroatoms. The summed E-state index contributed by atoms with van der Waals surface area (Å²) in [5, 5.41) is 10.7. The van der Waals surface area contributed by atoms with Gasteiger partial charge >= 0.3 is 0 Å². The predicted octanol–water partition coefficient (Wildman–Crippen LogP) is 1.31. The van der Waals surface area contributed by atoms with Crippen molar-refractivity contribution >= 4 is 5.91 Å². The van der Waals surface area contributed by atoms with E-state index in [2.05, 4.69) is 16.7 Å². The monoisotopic (exact) mass is 417 g/mol. The van der Waals surface area contributed by atoms with Crippen LogP contribution in [0.4, 0.5) is 0 Å². The van der Waals surface area contributed by atoms with Gasteiger partial charge in [0.15, 0.2) is 11.5 Å². The van der Waals surface area contributed by atoms with E-state index in [1.165, 1.54) is 0 Å². The maximum Gasteiger partial charge on any atom is 0.236 e. The topological polar surface area (TPSA) is 65.5 Å². The van der Waals surface area contributed by atoms with Crippen molar-refractivity contribution in [3.63, 3.8) is 0 Å². The molecule has 166 valence electrons. The summed E-state index contributed by atoms with van der Waals surface area (Å²) in [6.45, 7) is 9.34. The molecule has 4 rings (SSSR count). The molecular formula is C23H35N3O4. The van der Waals surface area contributed by atoms with Crippen LogP contribution in [0.2, 0.25) is 0 Å². The van der Waals surface area contributed by atoms with Crippen molar-refractivity contribution in [3.8, 4) is 11.5 Å². The van der Waals surface area contributed by atoms with Gasteiger partial charge in [-0.15, -0.1) is 0 Å². The van der Waals surface area contributed by atoms with Crippen LogP contribution in [0.25, 0.3) is 0 Å². The number of fused-ring (bicyclic) bond motifs is 1. The standard InChI is InChI=1S/C23H35N3O4/c1-3-24-8-10-25(11-9-24)16-23(28)26-14-17-12-19(27)22(13-18(17)15-26)30-21-7-5-4-6-20(21)29-2/h4-7,17-19,22,27H,3,8-16H2,1-2H3/t17-,18+,19+,22+/m0/s1. The normalized spacial score (nSPS) is 30.2. The second-order valence-electron chi connectivity index (χ2n) is 8.88. The lowest BCUT2D eigenvalue weighted by Crippen LogP contribution is -2.49. The highest BCUT2D eigenvalue weighted by Gasteiger charge is 2.44. The van der Waals surface area contributed by atoms with Crippen molar-refractivity contribution < 1.29 is 19.4 Å². The zero-order valence-corrected chi connectivity index (χ0v) is 18.2. The van der Waals surface area contributed by atoms with Crippen LogP contribution in [0.1, 0.15) is 19.8 Å². The minimum absolute atomic E-state index is 0.228. The third kappa shape index (κ3) is 4.74. The van der Waals surface area contributed by atoms with E-state index in [9.17, 15) is 9.90 Å². The summed E-state index contributed by atoms with van der Waals surface area (Å²) >= 11 is 0. The van der Waals surface area contributed by atoms with Crippen LogP contribution < -0.4 is 9.47 Å². The van der Waals surface area contributed by atoms with Crippen LogP contribution in [0.5, 0.6) is 11.5 Å². The number of rotatable bonds is 6. The molecule has 0 spiro atoms. The zero-order chi connectivity index (χ0) is 21.1. The molecule has 4 atom stereocenters. The van der Waals surface area contributed by atoms with Crippen molar-refractivity contribution in [1.82, 2.24) is 14.7 Å². The first-order chi connectivity index (χ1) is 14.6. The van der Waals surface area contributed by atoms with Gasteiger partial charge in [-0.2, -0.15) is 0 Å². The number of aliphatic hydroxyl groups is 1. The van der Waals surface area contributed by atoms with Gasteiger partial charge in [-0.05, 0) is 43.4 Å². The molecule has 1 amide bonds. The molecule has 1 aliphatic carbocycles. The van der Waals surface area contributed by atoms with Crippen molar-refractivity contribution in [1.29, 1.82) is 0 Å². The predicted molar refractivity (Wildman–Crippen MR) is 115 cm³/mol. The Morgan fingerprint density at radius 2 is 1.67 bits per heavy atom. The van der Waals surface area contributed by atoms with Crippen LogP contribution in [0.15, 0.2) is 24.3 Å². The zero-order valence-electron chi connectivity index (χ0n) is 18.2. The number of amides is 1. The molecule has 2 saturated heterocycles. The third-order valence-corrected chi connectivity index (χ3v) is 7.06. The maximum absolute atomic E-state index is 12.9. The highest BCUT2D eigenvalue weighted by molar-refractivity contribution is 5.78. The quantitative estimate of drug-likeness (QED) is 0.753. The van der Waals surface area contributed by atoms with E-state index in [1.54, 1.807) is 7.11 Å². The molecule has 2 aliphatic heterocycles. The minimum atomic E-state index is -0.520. The number of carbonyl (C=O) groups is 1. The Morgan fingerprint density at radius 1 is 1.03 bits per heavy atom. The molecule has 0 aromatic heterocycles. The van der Waals surface area contributed by atoms with Gasteiger partial charge in [-0.3, -0.25) is 9.69 Å². The van der Waals surface area contributed by atoms with Gasteiger partial charge in [-0.25, -0.2) is 0 Å². The number of nitrogens with zero attached hydrogens (tertiary/aromatic N) is 3. The van der Waals surface area contributed by atoms with E-state index >= 15 is 0 Å². The van der Waals surface area contributed by atoms with Crippen molar-refractivity contribution in [3.05, 3.63) is 24.3 Å². The van der Waals surface area contributed by atoms with Crippen molar-refractivity contribution in [2.75, 3.05) is 59.5 Å². The second-order valence-corrected chi connectivity index (χ2v) is 8.88. The number of hydrogen-bond donors (Lipinski definition) is 1. The number of para-hydroxylation sites is 2. The van der Waals surface area contributed by atoms with Gasteiger partial charge in [0, 0.05) is 39.3 Å². The summed E-state index contributed by atoms with van der Waals surface area (Å²) in [4.78, 5) is 19.6. The number of hydrogen-bond acceptors (Lipinski definition) is 6. The van der Waals surface area contributed by atoms with Crippen LogP contribution >= 0.6 is 0 Å². The molecule has 7 nitrogen and oxygen atoms in total. The lowest BCUT2D eigenvalue weighted by Gasteiger charge is -2.35. The van der Waals surface area contributed by atoms with Crippen LogP contribution in [-0.4, -0.2) is 97.4 Å². The number of methoxy groups -OCH3 is 1. The Bertz CT molecular complexity index is 722. The van der Waals surface area contributed by atoms with Crippen LogP contribution in [0, 0.1) is 11.8 Å². The van der Waals surface area contributed by atoms with Crippen LogP contribution in [-0.2, 0) is 4.79 Å². The van der Waals surface area contributed by atoms with E-state index in [0.717, 1.165) is 52.2 Å². The number of aliphatic hydroxyl groups excluding tert-OH is 1. The number of likely N-dealkylation sites (N-methyl/N-ethyl adjacent to an activating group) is 1. The van der Waals surface area contributed by atoms with Gasteiger partial charge in [0.2, 0.25) is 5.91 Å². The van der Waals surface area contributed by atoms with E-state index in [0.29, 0.717) is 36.3 Å². The smallest absolute Gasteiger partial charge is 0.236 e. The average molecular weight is 418 g/mol. The molecule has 1 saturated carbocycles. The minimum Gasteiger partial charge on any atom is -0.493 e. The van der Waals surface area contributed by atoms with E-state index in [1.807, 2.05) is 29.2 Å². The molecule has 1 aromatic carbocycles. The Morgan fingerprint density at radius 3 is 2.33 bits per heavy atom. The first kappa shape index (κ1) is 21.4. The third-order valence-electron chi connectivity index (χ3n) is 7.06. The Labute approximate surface area is 179 Å². The maximum atomic E-state index is 12.9. The fourth-order valence-corrected chi connectivity index (χ4v) is 5.15. The largest absolute Gasteiger partial charge is 0.493 e. The first-order valence-corrected chi connectivity index (χ1v) is 11.3. The SMILES string of the molecule is CCN1CCN(CC(=O)N2C[C@H]3C[C@@H](Oc4ccccc4OC)[C@H](O)C[C@H]3C2)CC1. The summed E-state index contributed by atoms with van der Waals surface area (Å²) in [5.74, 6) is 2.32. The molecule has 1 N–H and O–H groups in total. The molecule has 0 radical (unpaired) electrons. The molecule has 3 aliphatic rings. The lowest BCUT2D eigenvalue weighted by molar-refractivity contribution is -0.132. The molecule has 1 aromatic rings. The van der Waals surface area contributed by atoms with Gasteiger partial charge in [0.05, 0.1) is 19.8 Å². The number of piperazine rings is 1. The highest BCUT2D eigenvalue weighted by atomic mass is 16.5. The Kier molecular flexibility index (Phi) is 6.80. The molecule has 0 bridgehead atoms. The van der Waals surface area contributed by atoms with Crippen molar-refractivity contribution in [2.45, 2.75) is 32.0 Å². The average Bonchev–Trinajstić information content (AvgIpc) is 3.18. The van der Waals surface area contributed by atoms with E-state index in [4.69, 9.17) is 9.47 Å².